The third kappa shape index (κ3) is 2.76. The minimum Gasteiger partial charge on any atom is -0.319 e. The molecule has 4 rings (SSSR count). The maximum Gasteiger partial charge on any atom is 0.276 e. The van der Waals surface area contributed by atoms with E-state index in [-0.39, 0.29) is 5.91 Å². The van der Waals surface area contributed by atoms with Gasteiger partial charge >= 0.3 is 0 Å². The van der Waals surface area contributed by atoms with E-state index in [0.717, 1.165) is 22.3 Å². The highest BCUT2D eigenvalue weighted by Crippen LogP contribution is 2.17. The Labute approximate surface area is 143 Å². The molecule has 0 bridgehead atoms. The fraction of sp³-hybridized carbons (Fsp3) is 0.111. The number of aromatic amines is 1. The van der Waals surface area contributed by atoms with Gasteiger partial charge in [0.25, 0.3) is 5.91 Å². The van der Waals surface area contributed by atoms with Crippen LogP contribution in [0.5, 0.6) is 0 Å². The van der Waals surface area contributed by atoms with E-state index in [0.29, 0.717) is 17.2 Å². The van der Waals surface area contributed by atoms with Gasteiger partial charge in [0.05, 0.1) is 23.1 Å². The number of pyridine rings is 1. The molecule has 0 atom stereocenters. The molecule has 0 unspecified atom stereocenters. The Bertz CT molecular complexity index is 1060. The zero-order chi connectivity index (χ0) is 17.4. The zero-order valence-corrected chi connectivity index (χ0v) is 13.8. The number of hydrogen-bond donors (Lipinski definition) is 2. The normalized spacial score (nSPS) is 11.0. The number of aromatic nitrogens is 5. The van der Waals surface area contributed by atoms with Crippen LogP contribution in [0.25, 0.3) is 16.7 Å². The first-order chi connectivity index (χ1) is 12.1. The molecule has 0 aliphatic rings. The lowest BCUT2D eigenvalue weighted by atomic mass is 10.2. The quantitative estimate of drug-likeness (QED) is 0.603. The summed E-state index contributed by atoms with van der Waals surface area (Å²) in [6.07, 6.45) is 1.61. The number of amides is 1. The van der Waals surface area contributed by atoms with Gasteiger partial charge in [0.15, 0.2) is 11.5 Å². The smallest absolute Gasteiger partial charge is 0.276 e. The van der Waals surface area contributed by atoms with E-state index in [9.17, 15) is 4.79 Å². The van der Waals surface area contributed by atoms with Crippen LogP contribution in [0.4, 0.5) is 5.69 Å². The molecule has 3 heterocycles. The van der Waals surface area contributed by atoms with Gasteiger partial charge in [0, 0.05) is 11.1 Å². The molecule has 0 spiro atoms. The molecule has 4 aromatic rings. The van der Waals surface area contributed by atoms with Crippen LogP contribution >= 0.6 is 0 Å². The van der Waals surface area contributed by atoms with Crippen LogP contribution in [0.15, 0.2) is 48.7 Å². The Morgan fingerprint density at radius 3 is 2.72 bits per heavy atom. The van der Waals surface area contributed by atoms with Crippen molar-refractivity contribution >= 4 is 22.5 Å². The van der Waals surface area contributed by atoms with Crippen LogP contribution in [-0.4, -0.2) is 30.9 Å². The second-order valence-electron chi connectivity index (χ2n) is 5.82. The van der Waals surface area contributed by atoms with Crippen molar-refractivity contribution < 1.29 is 4.79 Å². The van der Waals surface area contributed by atoms with Crippen molar-refractivity contribution in [1.82, 2.24) is 25.0 Å². The van der Waals surface area contributed by atoms with E-state index in [1.54, 1.807) is 16.9 Å². The van der Waals surface area contributed by atoms with Crippen molar-refractivity contribution in [1.29, 1.82) is 0 Å². The van der Waals surface area contributed by atoms with Crippen LogP contribution in [0.1, 0.15) is 21.9 Å². The predicted octanol–water partition coefficient (Wildman–Crippen LogP) is 3.01. The summed E-state index contributed by atoms with van der Waals surface area (Å²) in [6, 6.07) is 13.1. The maximum atomic E-state index is 12.5. The summed E-state index contributed by atoms with van der Waals surface area (Å²) in [5.74, 6) is 0.423. The van der Waals surface area contributed by atoms with Gasteiger partial charge < -0.3 is 5.32 Å². The minimum absolute atomic E-state index is 0.280. The fourth-order valence-corrected chi connectivity index (χ4v) is 2.77. The monoisotopic (exact) mass is 332 g/mol. The van der Waals surface area contributed by atoms with Crippen molar-refractivity contribution in [2.24, 2.45) is 0 Å². The number of nitrogens with zero attached hydrogens (tertiary/aromatic N) is 4. The van der Waals surface area contributed by atoms with E-state index < -0.39 is 0 Å². The highest BCUT2D eigenvalue weighted by molar-refractivity contribution is 6.11. The van der Waals surface area contributed by atoms with Gasteiger partial charge in [0.1, 0.15) is 0 Å². The zero-order valence-electron chi connectivity index (χ0n) is 13.8. The first-order valence-corrected chi connectivity index (χ1v) is 7.86. The van der Waals surface area contributed by atoms with Gasteiger partial charge in [-0.3, -0.25) is 9.89 Å². The molecule has 1 amide bonds. The number of carbonyl (C=O) groups excluding carboxylic acids is 1. The number of hydrogen-bond acceptors (Lipinski definition) is 4. The summed E-state index contributed by atoms with van der Waals surface area (Å²) in [7, 11) is 0. The molecule has 0 radical (unpaired) electrons. The number of anilines is 1. The van der Waals surface area contributed by atoms with Crippen molar-refractivity contribution in [3.63, 3.8) is 0 Å². The number of H-pyrrole nitrogens is 1. The lowest BCUT2D eigenvalue weighted by Gasteiger charge is -2.06. The first-order valence-electron chi connectivity index (χ1n) is 7.86. The van der Waals surface area contributed by atoms with Crippen LogP contribution in [0, 0.1) is 13.8 Å². The Morgan fingerprint density at radius 1 is 1.16 bits per heavy atom. The Kier molecular flexibility index (Phi) is 3.53. The minimum atomic E-state index is -0.280. The summed E-state index contributed by atoms with van der Waals surface area (Å²) >= 11 is 0. The number of fused-ring (bicyclic) bond motifs is 1. The van der Waals surface area contributed by atoms with Gasteiger partial charge in [-0.1, -0.05) is 18.2 Å². The molecule has 0 saturated heterocycles. The SMILES string of the molecule is Cc1cc(C)n(-c2ccc(NC(=O)c3n[nH]c4ccccc34)cn2)n1. The molecule has 0 aliphatic heterocycles. The molecule has 1 aromatic carbocycles. The topological polar surface area (TPSA) is 88.5 Å². The number of nitrogens with one attached hydrogen (secondary N) is 2. The van der Waals surface area contributed by atoms with Gasteiger partial charge in [-0.25, -0.2) is 9.67 Å². The van der Waals surface area contributed by atoms with Crippen molar-refractivity contribution in [3.8, 4) is 5.82 Å². The average molecular weight is 332 g/mol. The summed E-state index contributed by atoms with van der Waals surface area (Å²) in [6.45, 7) is 3.91. The third-order valence-corrected chi connectivity index (χ3v) is 3.92. The molecule has 25 heavy (non-hydrogen) atoms. The molecule has 0 fully saturated rings. The molecular weight excluding hydrogens is 316 g/mol. The molecule has 7 nitrogen and oxygen atoms in total. The summed E-state index contributed by atoms with van der Waals surface area (Å²) in [5.41, 5.74) is 3.72. The first kappa shape index (κ1) is 15.1. The lowest BCUT2D eigenvalue weighted by molar-refractivity contribution is 0.102. The number of aryl methyl sites for hydroxylation is 2. The second-order valence-corrected chi connectivity index (χ2v) is 5.82. The van der Waals surface area contributed by atoms with E-state index in [4.69, 9.17) is 0 Å². The standard InChI is InChI=1S/C18H16N6O/c1-11-9-12(2)24(23-11)16-8-7-13(10-19-16)20-18(25)17-14-5-3-4-6-15(14)21-22-17/h3-10H,1-2H3,(H,20,25)(H,21,22). The van der Waals surface area contributed by atoms with Gasteiger partial charge in [-0.05, 0) is 38.1 Å². The Hall–Kier alpha value is -3.48. The Balaban J connectivity index is 1.57. The predicted molar refractivity (Wildman–Crippen MR) is 94.9 cm³/mol. The van der Waals surface area contributed by atoms with Crippen LogP contribution in [0.3, 0.4) is 0 Å². The van der Waals surface area contributed by atoms with Crippen molar-refractivity contribution in [2.45, 2.75) is 13.8 Å². The number of para-hydroxylation sites is 1. The summed E-state index contributed by atoms with van der Waals surface area (Å²) in [4.78, 5) is 16.8. The van der Waals surface area contributed by atoms with E-state index in [1.807, 2.05) is 50.2 Å². The molecule has 0 aliphatic carbocycles. The van der Waals surface area contributed by atoms with Crippen molar-refractivity contribution in [2.75, 3.05) is 5.32 Å². The molecule has 2 N–H and O–H groups in total. The highest BCUT2D eigenvalue weighted by Gasteiger charge is 2.14. The maximum absolute atomic E-state index is 12.5. The largest absolute Gasteiger partial charge is 0.319 e. The second kappa shape index (κ2) is 5.86. The van der Waals surface area contributed by atoms with E-state index in [1.165, 1.54) is 0 Å². The van der Waals surface area contributed by atoms with Crippen LogP contribution < -0.4 is 5.32 Å². The number of rotatable bonds is 3. The van der Waals surface area contributed by atoms with E-state index >= 15 is 0 Å². The lowest BCUT2D eigenvalue weighted by Crippen LogP contribution is -2.13. The van der Waals surface area contributed by atoms with Crippen LogP contribution in [-0.2, 0) is 0 Å². The highest BCUT2D eigenvalue weighted by atomic mass is 16.1. The summed E-state index contributed by atoms with van der Waals surface area (Å²) in [5, 5.41) is 15.0. The third-order valence-electron chi connectivity index (χ3n) is 3.92. The number of carbonyl (C=O) groups is 1. The molecular formula is C18H16N6O. The Morgan fingerprint density at radius 2 is 2.00 bits per heavy atom. The van der Waals surface area contributed by atoms with Crippen molar-refractivity contribution in [3.05, 3.63) is 65.7 Å². The van der Waals surface area contributed by atoms with Gasteiger partial charge in [-0.15, -0.1) is 0 Å². The summed E-state index contributed by atoms with van der Waals surface area (Å²) < 4.78 is 1.77. The average Bonchev–Trinajstić information content (AvgIpc) is 3.18. The fourth-order valence-electron chi connectivity index (χ4n) is 2.77. The molecule has 7 heteroatoms. The molecule has 3 aromatic heterocycles. The van der Waals surface area contributed by atoms with Crippen LogP contribution in [0.2, 0.25) is 0 Å². The van der Waals surface area contributed by atoms with Gasteiger partial charge in [-0.2, -0.15) is 10.2 Å². The number of benzene rings is 1. The molecule has 124 valence electrons. The van der Waals surface area contributed by atoms with Gasteiger partial charge in [0.2, 0.25) is 0 Å². The molecule has 0 saturated carbocycles. The van der Waals surface area contributed by atoms with E-state index in [2.05, 4.69) is 25.6 Å².